The SMILES string of the molecule is CC(C)C(NC(=O)C(Cc1ccccc1)NC(=O)[C@@H](NC(=O)C(CCCCN)NC(=O)C(Cc1cnc[nH]1)NC(=O)CN)C(C)C)C(=O)O. The van der Waals surface area contributed by atoms with Gasteiger partial charge in [0, 0.05) is 24.7 Å². The molecule has 0 spiro atoms. The van der Waals surface area contributed by atoms with Gasteiger partial charge < -0.3 is 48.1 Å². The quantitative estimate of drug-likeness (QED) is 0.0732. The van der Waals surface area contributed by atoms with Gasteiger partial charge in [-0.15, -0.1) is 0 Å². The molecular weight excluding hydrogens is 634 g/mol. The van der Waals surface area contributed by atoms with Gasteiger partial charge in [-0.3, -0.25) is 24.0 Å². The van der Waals surface area contributed by atoms with Crippen LogP contribution in [0.4, 0.5) is 0 Å². The minimum absolute atomic E-state index is 0.0517. The smallest absolute Gasteiger partial charge is 0.326 e. The number of amides is 5. The largest absolute Gasteiger partial charge is 0.480 e. The van der Waals surface area contributed by atoms with Crippen molar-refractivity contribution in [3.8, 4) is 0 Å². The van der Waals surface area contributed by atoms with E-state index in [0.717, 1.165) is 5.56 Å². The van der Waals surface area contributed by atoms with Crippen molar-refractivity contribution in [2.75, 3.05) is 13.1 Å². The molecule has 1 aromatic carbocycles. The van der Waals surface area contributed by atoms with Gasteiger partial charge in [0.05, 0.1) is 12.9 Å². The lowest BCUT2D eigenvalue weighted by atomic mass is 9.99. The van der Waals surface area contributed by atoms with Crippen molar-refractivity contribution in [3.05, 3.63) is 54.1 Å². The Morgan fingerprint density at radius 1 is 0.735 bits per heavy atom. The molecule has 11 N–H and O–H groups in total. The van der Waals surface area contributed by atoms with E-state index in [4.69, 9.17) is 11.5 Å². The van der Waals surface area contributed by atoms with Crippen molar-refractivity contribution >= 4 is 35.5 Å². The lowest BCUT2D eigenvalue weighted by Gasteiger charge is -2.29. The Labute approximate surface area is 286 Å². The number of carboxylic acids is 1. The van der Waals surface area contributed by atoms with Crippen LogP contribution >= 0.6 is 0 Å². The number of carbonyl (C=O) groups is 6. The fourth-order valence-corrected chi connectivity index (χ4v) is 4.99. The molecule has 0 saturated heterocycles. The van der Waals surface area contributed by atoms with E-state index in [1.807, 2.05) is 0 Å². The van der Waals surface area contributed by atoms with Gasteiger partial charge >= 0.3 is 5.97 Å². The van der Waals surface area contributed by atoms with E-state index in [-0.39, 0.29) is 25.8 Å². The Kier molecular flexibility index (Phi) is 16.9. The lowest BCUT2D eigenvalue weighted by Crippen LogP contribution is -2.60. The summed E-state index contributed by atoms with van der Waals surface area (Å²) in [6, 6.07) is 3.23. The molecule has 5 atom stereocenters. The van der Waals surface area contributed by atoms with Gasteiger partial charge in [-0.2, -0.15) is 0 Å². The molecule has 1 aromatic heterocycles. The average Bonchev–Trinajstić information content (AvgIpc) is 3.57. The number of nitrogens with two attached hydrogens (primary N) is 2. The molecule has 16 heteroatoms. The Morgan fingerprint density at radius 3 is 1.86 bits per heavy atom. The third-order valence-electron chi connectivity index (χ3n) is 7.79. The molecule has 0 bridgehead atoms. The Morgan fingerprint density at radius 2 is 1.31 bits per heavy atom. The number of nitrogens with zero attached hydrogens (tertiary/aromatic N) is 1. The third-order valence-corrected chi connectivity index (χ3v) is 7.79. The molecular formula is C33H51N9O7. The first-order valence-corrected chi connectivity index (χ1v) is 16.4. The second kappa shape index (κ2) is 20.5. The highest BCUT2D eigenvalue weighted by Gasteiger charge is 2.34. The van der Waals surface area contributed by atoms with E-state index in [9.17, 15) is 33.9 Å². The van der Waals surface area contributed by atoms with E-state index in [0.29, 0.717) is 25.1 Å². The van der Waals surface area contributed by atoms with E-state index in [1.165, 1.54) is 12.5 Å². The number of benzene rings is 1. The maximum Gasteiger partial charge on any atom is 0.326 e. The van der Waals surface area contributed by atoms with Crippen LogP contribution in [0.3, 0.4) is 0 Å². The van der Waals surface area contributed by atoms with Crippen molar-refractivity contribution in [1.29, 1.82) is 0 Å². The van der Waals surface area contributed by atoms with Gasteiger partial charge in [0.1, 0.15) is 30.2 Å². The topological polar surface area (TPSA) is 264 Å². The second-order valence-corrected chi connectivity index (χ2v) is 12.5. The number of hydrogen-bond donors (Lipinski definition) is 9. The van der Waals surface area contributed by atoms with Gasteiger partial charge in [0.25, 0.3) is 0 Å². The number of rotatable bonds is 21. The molecule has 0 aliphatic rings. The van der Waals surface area contributed by atoms with Crippen LogP contribution in [0.1, 0.15) is 58.2 Å². The maximum atomic E-state index is 13.7. The molecule has 0 fully saturated rings. The van der Waals surface area contributed by atoms with Crippen LogP contribution in [0, 0.1) is 11.8 Å². The number of aromatic amines is 1. The number of aromatic nitrogens is 2. The first kappa shape index (κ1) is 40.3. The highest BCUT2D eigenvalue weighted by molar-refractivity contribution is 5.96. The van der Waals surface area contributed by atoms with Crippen molar-refractivity contribution in [3.63, 3.8) is 0 Å². The summed E-state index contributed by atoms with van der Waals surface area (Å²) in [4.78, 5) is 85.0. The standard InChI is InChI=1S/C33H51N9O7/c1-19(2)27(32(47)40-24(14-21-10-6-5-7-11-21)31(46)42-28(20(3)4)33(48)49)41-29(44)23(12-8-9-13-34)39-30(45)25(38-26(43)16-35)15-22-17-36-18-37-22/h5-7,10-11,17-20,23-25,27-28H,8-9,12-16,34-35H2,1-4H3,(H,36,37)(H,38,43)(H,39,45)(H,40,47)(H,41,44)(H,42,46)(H,48,49)/t23?,24?,25?,27-,28?/m0/s1. The third kappa shape index (κ3) is 13.7. The molecule has 0 aliphatic carbocycles. The maximum absolute atomic E-state index is 13.7. The lowest BCUT2D eigenvalue weighted by molar-refractivity contribution is -0.143. The van der Waals surface area contributed by atoms with Crippen LogP contribution in [-0.4, -0.2) is 93.9 Å². The number of aliphatic carboxylic acids is 1. The van der Waals surface area contributed by atoms with E-state index in [2.05, 4.69) is 36.6 Å². The number of imidazole rings is 1. The molecule has 4 unspecified atom stereocenters. The van der Waals surface area contributed by atoms with Gasteiger partial charge in [-0.25, -0.2) is 9.78 Å². The zero-order chi connectivity index (χ0) is 36.5. The van der Waals surface area contributed by atoms with Crippen molar-refractivity contribution < 1.29 is 33.9 Å². The summed E-state index contributed by atoms with van der Waals surface area (Å²) in [6.07, 6.45) is 4.28. The number of H-pyrrole nitrogens is 1. The minimum atomic E-state index is -1.21. The van der Waals surface area contributed by atoms with Crippen LogP contribution < -0.4 is 38.1 Å². The second-order valence-electron chi connectivity index (χ2n) is 12.5. The first-order chi connectivity index (χ1) is 23.3. The van der Waals surface area contributed by atoms with E-state index in [1.54, 1.807) is 58.0 Å². The predicted octanol–water partition coefficient (Wildman–Crippen LogP) is -0.897. The van der Waals surface area contributed by atoms with Crippen LogP contribution in [-0.2, 0) is 41.6 Å². The molecule has 2 rings (SSSR count). The van der Waals surface area contributed by atoms with Crippen LogP contribution in [0.5, 0.6) is 0 Å². The van der Waals surface area contributed by atoms with Crippen molar-refractivity contribution in [2.45, 2.75) is 90.0 Å². The highest BCUT2D eigenvalue weighted by Crippen LogP contribution is 2.11. The summed E-state index contributed by atoms with van der Waals surface area (Å²) in [5.41, 5.74) is 12.4. The number of carbonyl (C=O) groups excluding carboxylic acids is 5. The molecule has 0 saturated carbocycles. The van der Waals surface area contributed by atoms with E-state index >= 15 is 0 Å². The number of carboxylic acid groups (broad SMARTS) is 1. The monoisotopic (exact) mass is 685 g/mol. The summed E-state index contributed by atoms with van der Waals surface area (Å²) < 4.78 is 0. The van der Waals surface area contributed by atoms with Crippen molar-refractivity contribution in [2.24, 2.45) is 23.3 Å². The van der Waals surface area contributed by atoms with Crippen LogP contribution in [0.15, 0.2) is 42.9 Å². The molecule has 0 radical (unpaired) electrons. The van der Waals surface area contributed by atoms with Crippen LogP contribution in [0.25, 0.3) is 0 Å². The van der Waals surface area contributed by atoms with Gasteiger partial charge in [0.15, 0.2) is 0 Å². The van der Waals surface area contributed by atoms with E-state index < -0.39 is 77.6 Å². The number of nitrogens with one attached hydrogen (secondary N) is 6. The summed E-state index contributed by atoms with van der Waals surface area (Å²) in [5.74, 6) is -5.32. The minimum Gasteiger partial charge on any atom is -0.480 e. The summed E-state index contributed by atoms with van der Waals surface area (Å²) in [5, 5.41) is 22.8. The summed E-state index contributed by atoms with van der Waals surface area (Å²) in [7, 11) is 0. The van der Waals surface area contributed by atoms with Crippen molar-refractivity contribution in [1.82, 2.24) is 36.6 Å². The molecule has 49 heavy (non-hydrogen) atoms. The van der Waals surface area contributed by atoms with Gasteiger partial charge in [0.2, 0.25) is 29.5 Å². The fourth-order valence-electron chi connectivity index (χ4n) is 4.99. The van der Waals surface area contributed by atoms with Gasteiger partial charge in [-0.1, -0.05) is 58.0 Å². The fraction of sp³-hybridized carbons (Fsp3) is 0.545. The Balaban J connectivity index is 2.29. The molecule has 270 valence electrons. The normalized spacial score (nSPS) is 14.2. The Bertz CT molecular complexity index is 1370. The van der Waals surface area contributed by atoms with Crippen LogP contribution in [0.2, 0.25) is 0 Å². The predicted molar refractivity (Wildman–Crippen MR) is 181 cm³/mol. The molecule has 0 aliphatic heterocycles. The molecule has 1 heterocycles. The zero-order valence-electron chi connectivity index (χ0n) is 28.5. The molecule has 2 aromatic rings. The molecule has 5 amide bonds. The molecule has 16 nitrogen and oxygen atoms in total. The number of hydrogen-bond acceptors (Lipinski definition) is 9. The summed E-state index contributed by atoms with van der Waals surface area (Å²) >= 11 is 0. The number of unbranched alkanes of at least 4 members (excludes halogenated alkanes) is 1. The highest BCUT2D eigenvalue weighted by atomic mass is 16.4. The zero-order valence-corrected chi connectivity index (χ0v) is 28.5. The van der Waals surface area contributed by atoms with Gasteiger partial charge in [-0.05, 0) is 43.2 Å². The first-order valence-electron chi connectivity index (χ1n) is 16.4. The Hall–Kier alpha value is -4.83. The average molecular weight is 686 g/mol. The summed E-state index contributed by atoms with van der Waals surface area (Å²) in [6.45, 7) is 6.74.